The zero-order valence-corrected chi connectivity index (χ0v) is 66.0. The summed E-state index contributed by atoms with van der Waals surface area (Å²) in [7, 11) is 0. The number of nitrogens with one attached hydrogen (secondary N) is 11. The van der Waals surface area contributed by atoms with Crippen LogP contribution in [0.5, 0.6) is 0 Å². The number of ether oxygens (including phenoxy) is 1. The lowest BCUT2D eigenvalue weighted by Crippen LogP contribution is -2.57. The molecule has 113 heavy (non-hydrogen) atoms. The first kappa shape index (κ1) is 84.6. The molecule has 0 fully saturated rings. The van der Waals surface area contributed by atoms with Crippen LogP contribution in [0.4, 0.5) is 0 Å². The van der Waals surface area contributed by atoms with Gasteiger partial charge in [-0.25, -0.2) is 29.7 Å². The van der Waals surface area contributed by atoms with Gasteiger partial charge in [0.05, 0.1) is 76.0 Å². The predicted molar refractivity (Wildman–Crippen MR) is 413 cm³/mol. The van der Waals surface area contributed by atoms with Crippen molar-refractivity contribution in [3.63, 3.8) is 0 Å². The number of carbonyl (C=O) groups excluding carboxylic acids is 12. The number of fused-ring (bicyclic) bond motifs is 7. The van der Waals surface area contributed by atoms with Gasteiger partial charge < -0.3 is 89.2 Å². The maximum Gasteiger partial charge on any atom is 0.357 e. The Morgan fingerprint density at radius 2 is 1.42 bits per heavy atom. The molecule has 37 nitrogen and oxygen atoms in total. The molecule has 0 saturated carbocycles. The van der Waals surface area contributed by atoms with E-state index >= 15 is 14.4 Å². The van der Waals surface area contributed by atoms with Crippen molar-refractivity contribution in [1.82, 2.24) is 83.4 Å². The summed E-state index contributed by atoms with van der Waals surface area (Å²) in [5.74, 6) is -12.7. The third kappa shape index (κ3) is 18.5. The van der Waals surface area contributed by atoms with Gasteiger partial charge >= 0.3 is 5.97 Å². The Hall–Kier alpha value is -10.8. The van der Waals surface area contributed by atoms with E-state index in [1.54, 1.807) is 20.8 Å². The molecule has 0 spiro atoms. The molecule has 598 valence electrons. The van der Waals surface area contributed by atoms with Gasteiger partial charge in [0.2, 0.25) is 23.6 Å². The van der Waals surface area contributed by atoms with Gasteiger partial charge in [0, 0.05) is 32.8 Å². The van der Waals surface area contributed by atoms with Crippen LogP contribution in [0, 0.1) is 5.92 Å². The number of aromatic nitrogens is 5. The van der Waals surface area contributed by atoms with Gasteiger partial charge in [-0.05, 0) is 78.9 Å². The molecular weight excluding hydrogens is 1570 g/mol. The molecule has 10 rings (SSSR count). The van der Waals surface area contributed by atoms with E-state index in [9.17, 15) is 68.7 Å². The Balaban J connectivity index is 1.18. The number of amides is 11. The molecule has 5 aliphatic rings. The standard InChI is InChI=1S/C71H81N19O18S5/c1-14-37-64-83-44(22-109-64)61(103)89-52(70(13,107)34(12)93)67-85-43(23-112-67)59(101)88-48-33(11)108-68(106)40-19-36(31(9)91)35-15-16-38(50(94)49(35)79-40)78-46(25(2)3)62(104)77-29(7)56(98)74-27(5)55(97)75-30(8)57(99)90-71(69-86-45(24-113-69)60(102)87-47(32(10)92)63(105)81-37)18-17-39(80-51(71)41-20-111-66(48)82-41)65-84-42(21-110-65)58(100)76-28(6)54(96)73-26(4)53(72)95/h14-16,19-21,23-25,30-34,38,44,46-48,50-52,78,91-94,107H,4-7,17-18,22H2,1-3,8-13H3,(H2,72,95)(H,73,96)(H,74,98)(H,75,97)(H,76,100)(H,77,104)(H,81,105)(H,87,102)(H,88,101)(H,89,103)(H,90,99)/b37-14-/t30-,31+,32?,33+,34+,38+,44+,46-,47?,48?,50-,51+,52?,70+,71+/m0/s1. The van der Waals surface area contributed by atoms with Crippen molar-refractivity contribution < 1.29 is 87.8 Å². The van der Waals surface area contributed by atoms with Crippen molar-refractivity contribution in [3.05, 3.63) is 160 Å². The highest BCUT2D eigenvalue weighted by molar-refractivity contribution is 8.14. The summed E-state index contributed by atoms with van der Waals surface area (Å²) in [6, 6.07) is -10.4. The highest BCUT2D eigenvalue weighted by Crippen LogP contribution is 2.48. The number of primary amides is 1. The van der Waals surface area contributed by atoms with Crippen molar-refractivity contribution in [2.75, 3.05) is 5.75 Å². The van der Waals surface area contributed by atoms with Crippen LogP contribution >= 0.6 is 57.1 Å². The van der Waals surface area contributed by atoms with Gasteiger partial charge in [-0.2, -0.15) is 0 Å². The maximum atomic E-state index is 15.4. The number of thioether (sulfide) groups is 1. The average molecular weight is 1650 g/mol. The summed E-state index contributed by atoms with van der Waals surface area (Å²) in [4.78, 5) is 203. The third-order valence-electron chi connectivity index (χ3n) is 18.7. The van der Waals surface area contributed by atoms with Crippen LogP contribution in [0.1, 0.15) is 190 Å². The van der Waals surface area contributed by atoms with Gasteiger partial charge in [0.25, 0.3) is 41.4 Å². The van der Waals surface area contributed by atoms with E-state index in [0.29, 0.717) is 0 Å². The fraction of sp³-hybridized carbons (Fsp3) is 0.394. The number of nitrogens with zero attached hydrogens (tertiary/aromatic N) is 7. The largest absolute Gasteiger partial charge is 0.455 e. The first-order valence-electron chi connectivity index (χ1n) is 34.8. The van der Waals surface area contributed by atoms with Gasteiger partial charge in [-0.1, -0.05) is 58.4 Å². The lowest BCUT2D eigenvalue weighted by Gasteiger charge is -2.41. The monoisotopic (exact) mass is 1650 g/mol. The first-order chi connectivity index (χ1) is 53.2. The molecule has 9 heterocycles. The lowest BCUT2D eigenvalue weighted by molar-refractivity contribution is -0.129. The van der Waals surface area contributed by atoms with Crippen LogP contribution in [-0.2, 0) is 48.6 Å². The quantitative estimate of drug-likeness (QED) is 0.0633. The van der Waals surface area contributed by atoms with Crippen molar-refractivity contribution in [3.8, 4) is 0 Å². The number of carbonyl (C=O) groups is 12. The lowest BCUT2D eigenvalue weighted by atomic mass is 9.80. The summed E-state index contributed by atoms with van der Waals surface area (Å²) in [5.41, 5.74) is -2.56. The van der Waals surface area contributed by atoms with E-state index in [-0.39, 0.29) is 89.0 Å². The highest BCUT2D eigenvalue weighted by Gasteiger charge is 2.51. The molecule has 5 aromatic rings. The van der Waals surface area contributed by atoms with E-state index in [4.69, 9.17) is 25.4 Å². The minimum atomic E-state index is -2.21. The first-order valence-corrected chi connectivity index (χ1v) is 39.3. The summed E-state index contributed by atoms with van der Waals surface area (Å²) in [6.45, 7) is 26.9. The van der Waals surface area contributed by atoms with Gasteiger partial charge in [0.1, 0.15) is 107 Å². The Morgan fingerprint density at radius 3 is 2.09 bits per heavy atom. The molecule has 11 amide bonds. The van der Waals surface area contributed by atoms with Crippen LogP contribution in [0.25, 0.3) is 6.08 Å². The summed E-state index contributed by atoms with van der Waals surface area (Å²) in [6.07, 6.45) is -3.71. The molecule has 4 unspecified atom stereocenters. The van der Waals surface area contributed by atoms with Crippen LogP contribution in [0.2, 0.25) is 0 Å². The van der Waals surface area contributed by atoms with E-state index in [0.717, 1.165) is 57.1 Å². The average Bonchev–Trinajstić information content (AvgIpc) is 1.66. The molecular formula is C71H81N19O18S5. The molecule has 0 aromatic carbocycles. The second-order valence-electron chi connectivity index (χ2n) is 27.4. The molecule has 4 aliphatic heterocycles. The van der Waals surface area contributed by atoms with Crippen LogP contribution in [-0.4, -0.2) is 192 Å². The fourth-order valence-corrected chi connectivity index (χ4v) is 16.9. The van der Waals surface area contributed by atoms with E-state index in [1.165, 1.54) is 87.4 Å². The number of nitrogens with two attached hydrogens (primary N) is 1. The Labute approximate surface area is 664 Å². The Morgan fingerprint density at radius 1 is 0.743 bits per heavy atom. The number of pyridine rings is 1. The molecule has 15 atom stereocenters. The minimum Gasteiger partial charge on any atom is -0.455 e. The summed E-state index contributed by atoms with van der Waals surface area (Å²) < 4.78 is 6.24. The van der Waals surface area contributed by atoms with Gasteiger partial charge in [0.15, 0.2) is 0 Å². The number of hydrogen-bond acceptors (Lipinski definition) is 31. The number of esters is 1. The predicted octanol–water partition coefficient (Wildman–Crippen LogP) is 0.509. The zero-order chi connectivity index (χ0) is 82.7. The second-order valence-corrected chi connectivity index (χ2v) is 31.9. The number of cyclic esters (lactones) is 1. The third-order valence-corrected chi connectivity index (χ3v) is 23.6. The van der Waals surface area contributed by atoms with Crippen LogP contribution in [0.15, 0.2) is 105 Å². The normalized spacial score (nSPS) is 26.1. The van der Waals surface area contributed by atoms with Crippen LogP contribution < -0.4 is 64.2 Å². The van der Waals surface area contributed by atoms with Crippen molar-refractivity contribution in [2.45, 2.75) is 165 Å². The van der Waals surface area contributed by atoms with Crippen molar-refractivity contribution >= 4 is 145 Å². The Kier molecular flexibility index (Phi) is 26.0. The molecule has 18 N–H and O–H groups in total. The number of hydrogen-bond donors (Lipinski definition) is 17. The number of rotatable bonds is 11. The summed E-state index contributed by atoms with van der Waals surface area (Å²) >= 11 is 4.39. The van der Waals surface area contributed by atoms with E-state index < -0.39 is 201 Å². The molecule has 0 radical (unpaired) electrons. The topological polar surface area (TPSA) is 563 Å². The fourth-order valence-electron chi connectivity index (χ4n) is 12.0. The molecule has 1 aliphatic carbocycles. The number of allylic oxidation sites excluding steroid dienone is 1. The second kappa shape index (κ2) is 34.7. The molecule has 0 saturated heterocycles. The van der Waals surface area contributed by atoms with Gasteiger partial charge in [-0.15, -0.1) is 57.1 Å². The number of aliphatic hydroxyl groups is 5. The number of aliphatic imine (C=N–C) groups is 2. The molecule has 13 bridgehead atoms. The van der Waals surface area contributed by atoms with Crippen molar-refractivity contribution in [1.29, 1.82) is 0 Å². The van der Waals surface area contributed by atoms with E-state index in [1.807, 2.05) is 0 Å². The van der Waals surface area contributed by atoms with Crippen molar-refractivity contribution in [2.24, 2.45) is 21.6 Å². The smallest absolute Gasteiger partial charge is 0.357 e. The summed E-state index contributed by atoms with van der Waals surface area (Å²) in [5, 5.41) is 91.5. The van der Waals surface area contributed by atoms with Gasteiger partial charge in [-0.3, -0.25) is 68.0 Å². The minimum absolute atomic E-state index is 0.0184. The number of thiazole rings is 4. The van der Waals surface area contributed by atoms with Crippen LogP contribution in [0.3, 0.4) is 0 Å². The molecule has 42 heteroatoms. The Bertz CT molecular complexity index is 4920. The maximum absolute atomic E-state index is 15.4. The molecule has 5 aromatic heterocycles. The number of aliphatic hydroxyl groups excluding tert-OH is 4. The highest BCUT2D eigenvalue weighted by atomic mass is 32.2. The SMILES string of the molecule is C=C(NC(=O)C(=C)NC(=O)c1csc(C2=N[C@@H]3c4csc(n4)C4NC(=O)c5csc(n5)C([C@](C)(O)[C@@H](C)O)NC(=O)[C@H]5CSC(=N5)/C(=C/C)NC(=O)C(C(C)O)NC(=O)c5csc(n5)[C@]3(CC2)NC(=O)[C@H](C)NC(=O)C(=C)NC(=O)C(=C)NC(=O)[C@H](C(C)C)N[C@@H]2C=Cc3c([C@@H](C)O)cc(nc3[C@H]2O)C(=O)O[C@@H]4C)n1)C(N)=O. The van der Waals surface area contributed by atoms with E-state index in [2.05, 4.69) is 105 Å². The zero-order valence-electron chi connectivity index (χ0n) is 61.9.